The van der Waals surface area contributed by atoms with Gasteiger partial charge in [0.15, 0.2) is 0 Å². The Hall–Kier alpha value is -1.95. The molecule has 1 fully saturated rings. The first kappa shape index (κ1) is 15.9. The molecule has 2 aromatic carbocycles. The summed E-state index contributed by atoms with van der Waals surface area (Å²) in [7, 11) is 0. The third kappa shape index (κ3) is 3.52. The van der Waals surface area contributed by atoms with Crippen LogP contribution in [0.5, 0.6) is 0 Å². The minimum atomic E-state index is -0.383. The summed E-state index contributed by atoms with van der Waals surface area (Å²) in [4.78, 5) is 13.0. The van der Waals surface area contributed by atoms with Crippen LogP contribution < -0.4 is 5.73 Å². The molecule has 2 aromatic rings. The van der Waals surface area contributed by atoms with Crippen LogP contribution in [0.3, 0.4) is 0 Å². The fraction of sp³-hybridized carbons (Fsp3) is 0.294. The quantitative estimate of drug-likeness (QED) is 0.690. The molecule has 0 spiro atoms. The number of nitro groups is 1. The maximum atomic E-state index is 11.2. The van der Waals surface area contributed by atoms with Crippen molar-refractivity contribution in [2.24, 2.45) is 5.73 Å². The third-order valence-corrected chi connectivity index (χ3v) is 4.54. The van der Waals surface area contributed by atoms with Crippen LogP contribution in [-0.4, -0.2) is 29.0 Å². The molecular weight excluding hydrogens is 314 g/mol. The van der Waals surface area contributed by atoms with Gasteiger partial charge in [-0.3, -0.25) is 15.0 Å². The summed E-state index contributed by atoms with van der Waals surface area (Å²) in [5.74, 6) is 0.252. The van der Waals surface area contributed by atoms with Gasteiger partial charge in [0.05, 0.1) is 4.92 Å². The highest BCUT2D eigenvalue weighted by Crippen LogP contribution is 2.30. The minimum Gasteiger partial charge on any atom is -0.326 e. The van der Waals surface area contributed by atoms with Crippen molar-refractivity contribution in [2.75, 3.05) is 13.1 Å². The Kier molecular flexibility index (Phi) is 4.61. The van der Waals surface area contributed by atoms with Crippen molar-refractivity contribution in [3.05, 3.63) is 74.8 Å². The van der Waals surface area contributed by atoms with Gasteiger partial charge >= 0.3 is 0 Å². The number of hydrogen-bond acceptors (Lipinski definition) is 4. The zero-order valence-corrected chi connectivity index (χ0v) is 13.3. The van der Waals surface area contributed by atoms with Gasteiger partial charge in [-0.2, -0.15) is 0 Å². The van der Waals surface area contributed by atoms with Gasteiger partial charge in [0.25, 0.3) is 5.69 Å². The molecule has 3 rings (SSSR count). The minimum absolute atomic E-state index is 0.0313. The van der Waals surface area contributed by atoms with Crippen molar-refractivity contribution in [3.8, 4) is 0 Å². The van der Waals surface area contributed by atoms with E-state index in [2.05, 4.69) is 17.0 Å². The molecule has 0 aliphatic carbocycles. The molecule has 1 aliphatic rings. The number of rotatable bonds is 4. The van der Waals surface area contributed by atoms with E-state index in [-0.39, 0.29) is 22.6 Å². The smallest absolute Gasteiger partial charge is 0.275 e. The summed E-state index contributed by atoms with van der Waals surface area (Å²) >= 11 is 5.87. The zero-order valence-electron chi connectivity index (χ0n) is 12.6. The number of nitro benzene ring substituents is 1. The van der Waals surface area contributed by atoms with Gasteiger partial charge in [-0.1, -0.05) is 41.9 Å². The van der Waals surface area contributed by atoms with E-state index >= 15 is 0 Å². The summed E-state index contributed by atoms with van der Waals surface area (Å²) in [6.45, 7) is 2.02. The monoisotopic (exact) mass is 331 g/mol. The first-order chi connectivity index (χ1) is 11.0. The Balaban J connectivity index is 1.77. The highest BCUT2D eigenvalue weighted by Gasteiger charge is 2.32. The zero-order chi connectivity index (χ0) is 16.4. The lowest BCUT2D eigenvalue weighted by molar-refractivity contribution is -0.385. The lowest BCUT2D eigenvalue weighted by Gasteiger charge is -2.16. The fourth-order valence-electron chi connectivity index (χ4n) is 3.18. The summed E-state index contributed by atoms with van der Waals surface area (Å²) in [6, 6.07) is 15.0. The van der Waals surface area contributed by atoms with Crippen LogP contribution in [0.1, 0.15) is 17.0 Å². The van der Waals surface area contributed by atoms with Gasteiger partial charge in [-0.15, -0.1) is 0 Å². The molecule has 0 radical (unpaired) electrons. The second-order valence-electron chi connectivity index (χ2n) is 5.91. The van der Waals surface area contributed by atoms with Gasteiger partial charge in [0, 0.05) is 48.2 Å². The Labute approximate surface area is 139 Å². The number of likely N-dealkylation sites (tertiary alicyclic amines) is 1. The van der Waals surface area contributed by atoms with E-state index in [0.717, 1.165) is 13.1 Å². The Morgan fingerprint density at radius 1 is 1.22 bits per heavy atom. The molecule has 120 valence electrons. The molecule has 6 heteroatoms. The first-order valence-corrected chi connectivity index (χ1v) is 7.88. The average molecular weight is 332 g/mol. The lowest BCUT2D eigenvalue weighted by Crippen LogP contribution is -2.28. The predicted octanol–water partition coefficient (Wildman–Crippen LogP) is 3.17. The van der Waals surface area contributed by atoms with E-state index in [1.807, 2.05) is 18.2 Å². The van der Waals surface area contributed by atoms with E-state index in [1.54, 1.807) is 12.1 Å². The summed E-state index contributed by atoms with van der Waals surface area (Å²) < 4.78 is 0. The van der Waals surface area contributed by atoms with Gasteiger partial charge in [-0.25, -0.2) is 0 Å². The van der Waals surface area contributed by atoms with Gasteiger partial charge < -0.3 is 5.73 Å². The molecule has 5 nitrogen and oxygen atoms in total. The lowest BCUT2D eigenvalue weighted by atomic mass is 9.95. The number of nitrogens with two attached hydrogens (primary N) is 1. The van der Waals surface area contributed by atoms with E-state index in [0.29, 0.717) is 17.1 Å². The second-order valence-corrected chi connectivity index (χ2v) is 6.34. The first-order valence-electron chi connectivity index (χ1n) is 7.50. The number of benzene rings is 2. The fourth-order valence-corrected chi connectivity index (χ4v) is 3.34. The topological polar surface area (TPSA) is 72.4 Å². The molecule has 0 amide bonds. The van der Waals surface area contributed by atoms with Crippen molar-refractivity contribution in [1.82, 2.24) is 4.90 Å². The van der Waals surface area contributed by atoms with E-state index in [9.17, 15) is 10.1 Å². The van der Waals surface area contributed by atoms with Crippen molar-refractivity contribution in [2.45, 2.75) is 18.5 Å². The van der Waals surface area contributed by atoms with E-state index in [1.165, 1.54) is 11.6 Å². The van der Waals surface area contributed by atoms with Crippen LogP contribution in [0.2, 0.25) is 5.02 Å². The molecule has 0 aromatic heterocycles. The Morgan fingerprint density at radius 2 is 1.96 bits per heavy atom. The Morgan fingerprint density at radius 3 is 2.65 bits per heavy atom. The molecule has 1 saturated heterocycles. The van der Waals surface area contributed by atoms with Crippen molar-refractivity contribution >= 4 is 17.3 Å². The normalized spacial score (nSPS) is 21.5. The van der Waals surface area contributed by atoms with Gasteiger partial charge in [0.1, 0.15) is 0 Å². The van der Waals surface area contributed by atoms with Gasteiger partial charge in [0.2, 0.25) is 0 Å². The standard InChI is InChI=1S/C17H18ClN3O2/c18-14-7-6-13(17(8-14)21(22)23)9-20-10-15(16(19)11-20)12-4-2-1-3-5-12/h1-8,15-16H,9-11,19H2/t15-,16+/m0/s1. The highest BCUT2D eigenvalue weighted by molar-refractivity contribution is 6.30. The molecule has 23 heavy (non-hydrogen) atoms. The average Bonchev–Trinajstić information content (AvgIpc) is 2.90. The largest absolute Gasteiger partial charge is 0.326 e. The molecule has 1 aliphatic heterocycles. The SMILES string of the molecule is N[C@@H]1CN(Cc2ccc(Cl)cc2[N+](=O)[O-])C[C@H]1c1ccccc1. The number of nitrogens with zero attached hydrogens (tertiary/aromatic N) is 2. The summed E-state index contributed by atoms with van der Waals surface area (Å²) in [5.41, 5.74) is 8.23. The van der Waals surface area contributed by atoms with Crippen LogP contribution >= 0.6 is 11.6 Å². The van der Waals surface area contributed by atoms with Crippen molar-refractivity contribution in [3.63, 3.8) is 0 Å². The molecule has 2 atom stereocenters. The summed E-state index contributed by atoms with van der Waals surface area (Å²) in [5, 5.41) is 11.6. The summed E-state index contributed by atoms with van der Waals surface area (Å²) in [6.07, 6.45) is 0. The van der Waals surface area contributed by atoms with Crippen LogP contribution in [-0.2, 0) is 6.54 Å². The van der Waals surface area contributed by atoms with Crippen LogP contribution in [0.4, 0.5) is 5.69 Å². The van der Waals surface area contributed by atoms with E-state index in [4.69, 9.17) is 17.3 Å². The molecule has 2 N–H and O–H groups in total. The van der Waals surface area contributed by atoms with E-state index < -0.39 is 0 Å². The molecule has 0 bridgehead atoms. The van der Waals surface area contributed by atoms with Crippen molar-refractivity contribution < 1.29 is 4.92 Å². The highest BCUT2D eigenvalue weighted by atomic mass is 35.5. The number of hydrogen-bond donors (Lipinski definition) is 1. The molecule has 0 saturated carbocycles. The molecular formula is C17H18ClN3O2. The van der Waals surface area contributed by atoms with Crippen molar-refractivity contribution in [1.29, 1.82) is 0 Å². The molecule has 1 heterocycles. The second kappa shape index (κ2) is 6.66. The van der Waals surface area contributed by atoms with Crippen LogP contribution in [0.15, 0.2) is 48.5 Å². The maximum absolute atomic E-state index is 11.2. The molecule has 0 unspecified atom stereocenters. The maximum Gasteiger partial charge on any atom is 0.275 e. The van der Waals surface area contributed by atoms with Crippen LogP contribution in [0, 0.1) is 10.1 Å². The predicted molar refractivity (Wildman–Crippen MR) is 90.5 cm³/mol. The third-order valence-electron chi connectivity index (χ3n) is 4.31. The number of halogens is 1. The van der Waals surface area contributed by atoms with Gasteiger partial charge in [-0.05, 0) is 17.7 Å². The van der Waals surface area contributed by atoms with Crippen LogP contribution in [0.25, 0.3) is 0 Å². The Bertz CT molecular complexity index is 708.